The molecule has 33 heavy (non-hydrogen) atoms. The minimum atomic E-state index is -0.316. The Morgan fingerprint density at radius 2 is 1.73 bits per heavy atom. The van der Waals surface area contributed by atoms with E-state index in [1.165, 1.54) is 25.0 Å². The van der Waals surface area contributed by atoms with Gasteiger partial charge in [-0.3, -0.25) is 14.5 Å². The molecular formula is C28H35FN2O2. The highest BCUT2D eigenvalue weighted by Crippen LogP contribution is 2.39. The van der Waals surface area contributed by atoms with Crippen LogP contribution in [0.25, 0.3) is 0 Å². The fraction of sp³-hybridized carbons (Fsp3) is 0.500. The number of rotatable bonds is 8. The summed E-state index contributed by atoms with van der Waals surface area (Å²) in [6.07, 6.45) is 7.53. The van der Waals surface area contributed by atoms with Gasteiger partial charge in [0, 0.05) is 42.7 Å². The Morgan fingerprint density at radius 1 is 1.00 bits per heavy atom. The SMILES string of the molecule is CCC(=O)N(c1ccccc1)[C@@H]1CCN(CCCC(=O)c2ccc(F)cc2)[C@H]2CCCC[C@H]12. The predicted molar refractivity (Wildman–Crippen MR) is 130 cm³/mol. The Labute approximate surface area is 196 Å². The number of Topliss-reactive ketones (excluding diaryl/α,β-unsaturated/α-hetero) is 1. The van der Waals surface area contributed by atoms with E-state index in [0.717, 1.165) is 44.5 Å². The fourth-order valence-electron chi connectivity index (χ4n) is 5.82. The van der Waals surface area contributed by atoms with Crippen LogP contribution >= 0.6 is 0 Å². The van der Waals surface area contributed by atoms with Gasteiger partial charge < -0.3 is 4.90 Å². The highest BCUT2D eigenvalue weighted by molar-refractivity contribution is 5.96. The highest BCUT2D eigenvalue weighted by Gasteiger charge is 2.42. The molecule has 2 aliphatic rings. The number of likely N-dealkylation sites (tertiary alicyclic amines) is 1. The summed E-state index contributed by atoms with van der Waals surface area (Å²) in [4.78, 5) is 30.2. The number of fused-ring (bicyclic) bond motifs is 1. The quantitative estimate of drug-likeness (QED) is 0.473. The molecule has 5 heteroatoms. The lowest BCUT2D eigenvalue weighted by atomic mass is 9.74. The third-order valence-corrected chi connectivity index (χ3v) is 7.41. The first kappa shape index (κ1) is 23.6. The zero-order valence-electron chi connectivity index (χ0n) is 19.6. The van der Waals surface area contributed by atoms with E-state index in [9.17, 15) is 14.0 Å². The molecule has 176 valence electrons. The van der Waals surface area contributed by atoms with Crippen molar-refractivity contribution < 1.29 is 14.0 Å². The molecule has 0 radical (unpaired) electrons. The monoisotopic (exact) mass is 450 g/mol. The Bertz CT molecular complexity index is 931. The number of para-hydroxylation sites is 1. The maximum atomic E-state index is 13.1. The maximum Gasteiger partial charge on any atom is 0.226 e. The van der Waals surface area contributed by atoms with E-state index in [1.807, 2.05) is 25.1 Å². The van der Waals surface area contributed by atoms with Crippen molar-refractivity contribution >= 4 is 17.4 Å². The van der Waals surface area contributed by atoms with Crippen LogP contribution in [0.1, 0.15) is 68.6 Å². The van der Waals surface area contributed by atoms with Gasteiger partial charge in [-0.05, 0) is 74.5 Å². The van der Waals surface area contributed by atoms with Crippen LogP contribution in [0.5, 0.6) is 0 Å². The number of carbonyl (C=O) groups excluding carboxylic acids is 2. The molecule has 2 aromatic carbocycles. The van der Waals surface area contributed by atoms with Crippen LogP contribution in [0.4, 0.5) is 10.1 Å². The summed E-state index contributed by atoms with van der Waals surface area (Å²) in [6, 6.07) is 16.7. The van der Waals surface area contributed by atoms with Crippen molar-refractivity contribution in [2.45, 2.75) is 70.4 Å². The summed E-state index contributed by atoms with van der Waals surface area (Å²) in [7, 11) is 0. The van der Waals surface area contributed by atoms with Gasteiger partial charge >= 0.3 is 0 Å². The molecule has 0 spiro atoms. The van der Waals surface area contributed by atoms with Crippen molar-refractivity contribution in [2.75, 3.05) is 18.0 Å². The molecule has 1 saturated heterocycles. The minimum absolute atomic E-state index is 0.0777. The molecule has 0 bridgehead atoms. The number of nitrogens with zero attached hydrogens (tertiary/aromatic N) is 2. The van der Waals surface area contributed by atoms with Gasteiger partial charge in [0.05, 0.1) is 0 Å². The lowest BCUT2D eigenvalue weighted by molar-refractivity contribution is -0.119. The molecule has 4 rings (SSSR count). The number of benzene rings is 2. The Hall–Kier alpha value is -2.53. The van der Waals surface area contributed by atoms with E-state index < -0.39 is 0 Å². The molecule has 0 N–H and O–H groups in total. The molecule has 2 aromatic rings. The van der Waals surface area contributed by atoms with Gasteiger partial charge in [0.1, 0.15) is 5.82 Å². The number of ketones is 1. The van der Waals surface area contributed by atoms with Gasteiger partial charge in [0.25, 0.3) is 0 Å². The normalized spacial score (nSPS) is 23.0. The summed E-state index contributed by atoms with van der Waals surface area (Å²) < 4.78 is 13.1. The average molecular weight is 451 g/mol. The van der Waals surface area contributed by atoms with Crippen molar-refractivity contribution in [2.24, 2.45) is 5.92 Å². The molecule has 2 fully saturated rings. The maximum absolute atomic E-state index is 13.1. The van der Waals surface area contributed by atoms with Crippen molar-refractivity contribution in [3.63, 3.8) is 0 Å². The predicted octanol–water partition coefficient (Wildman–Crippen LogP) is 5.86. The molecule has 3 atom stereocenters. The van der Waals surface area contributed by atoms with E-state index in [-0.39, 0.29) is 23.5 Å². The zero-order valence-corrected chi connectivity index (χ0v) is 19.6. The van der Waals surface area contributed by atoms with Gasteiger partial charge in [-0.1, -0.05) is 38.0 Å². The number of halogens is 1. The second-order valence-electron chi connectivity index (χ2n) is 9.39. The molecule has 1 heterocycles. The van der Waals surface area contributed by atoms with Gasteiger partial charge in [0.15, 0.2) is 5.78 Å². The first-order valence-electron chi connectivity index (χ1n) is 12.5. The molecule has 1 aliphatic carbocycles. The van der Waals surface area contributed by atoms with Crippen LogP contribution in [-0.2, 0) is 4.79 Å². The summed E-state index contributed by atoms with van der Waals surface area (Å²) in [5.41, 5.74) is 1.60. The summed E-state index contributed by atoms with van der Waals surface area (Å²) in [5, 5.41) is 0. The van der Waals surface area contributed by atoms with Crippen molar-refractivity contribution in [3.8, 4) is 0 Å². The smallest absolute Gasteiger partial charge is 0.226 e. The standard InChI is InChI=1S/C28H35FN2O2/c1-2-28(33)31(23-9-4-3-5-10-23)26-18-20-30(25-12-7-6-11-24(25)26)19-8-13-27(32)21-14-16-22(29)17-15-21/h3-5,9-10,14-17,24-26H,2,6-8,11-13,18-20H2,1H3/t24-,25-,26+/m0/s1. The van der Waals surface area contributed by atoms with Gasteiger partial charge in [-0.2, -0.15) is 0 Å². The van der Waals surface area contributed by atoms with Gasteiger partial charge in [-0.15, -0.1) is 0 Å². The molecule has 1 amide bonds. The third kappa shape index (κ3) is 5.52. The molecule has 1 aliphatic heterocycles. The first-order valence-corrected chi connectivity index (χ1v) is 12.5. The Morgan fingerprint density at radius 3 is 2.45 bits per heavy atom. The van der Waals surface area contributed by atoms with Crippen LogP contribution in [0.2, 0.25) is 0 Å². The summed E-state index contributed by atoms with van der Waals surface area (Å²) in [6.45, 7) is 3.80. The second-order valence-corrected chi connectivity index (χ2v) is 9.39. The lowest BCUT2D eigenvalue weighted by Gasteiger charge is -2.51. The van der Waals surface area contributed by atoms with Crippen LogP contribution < -0.4 is 4.90 Å². The van der Waals surface area contributed by atoms with Crippen molar-refractivity contribution in [3.05, 3.63) is 66.0 Å². The number of hydrogen-bond donors (Lipinski definition) is 0. The number of anilines is 1. The largest absolute Gasteiger partial charge is 0.309 e. The van der Waals surface area contributed by atoms with E-state index in [2.05, 4.69) is 21.9 Å². The van der Waals surface area contributed by atoms with Crippen LogP contribution in [0.15, 0.2) is 54.6 Å². The summed E-state index contributed by atoms with van der Waals surface area (Å²) in [5.74, 6) is 0.433. The van der Waals surface area contributed by atoms with Crippen molar-refractivity contribution in [1.82, 2.24) is 4.90 Å². The molecule has 1 saturated carbocycles. The number of carbonyl (C=O) groups is 2. The van der Waals surface area contributed by atoms with E-state index in [1.54, 1.807) is 12.1 Å². The number of amides is 1. The molecular weight excluding hydrogens is 415 g/mol. The van der Waals surface area contributed by atoms with E-state index >= 15 is 0 Å². The fourth-order valence-corrected chi connectivity index (χ4v) is 5.82. The third-order valence-electron chi connectivity index (χ3n) is 7.41. The van der Waals surface area contributed by atoms with Crippen LogP contribution in [-0.4, -0.2) is 41.8 Å². The van der Waals surface area contributed by atoms with E-state index in [4.69, 9.17) is 0 Å². The average Bonchev–Trinajstić information content (AvgIpc) is 2.86. The molecule has 0 unspecified atom stereocenters. The Balaban J connectivity index is 1.42. The molecule has 0 aromatic heterocycles. The first-order chi connectivity index (χ1) is 16.1. The van der Waals surface area contributed by atoms with Crippen LogP contribution in [0.3, 0.4) is 0 Å². The number of hydrogen-bond acceptors (Lipinski definition) is 3. The zero-order chi connectivity index (χ0) is 23.2. The van der Waals surface area contributed by atoms with Crippen LogP contribution in [0, 0.1) is 11.7 Å². The topological polar surface area (TPSA) is 40.6 Å². The highest BCUT2D eigenvalue weighted by atomic mass is 19.1. The minimum Gasteiger partial charge on any atom is -0.309 e. The van der Waals surface area contributed by atoms with Gasteiger partial charge in [-0.25, -0.2) is 4.39 Å². The Kier molecular flexibility index (Phi) is 7.92. The summed E-state index contributed by atoms with van der Waals surface area (Å²) >= 11 is 0. The molecule has 4 nitrogen and oxygen atoms in total. The second kappa shape index (κ2) is 11.1. The van der Waals surface area contributed by atoms with Gasteiger partial charge in [0.2, 0.25) is 5.91 Å². The van der Waals surface area contributed by atoms with E-state index in [0.29, 0.717) is 30.4 Å². The van der Waals surface area contributed by atoms with Crippen molar-refractivity contribution in [1.29, 1.82) is 0 Å². The number of piperidine rings is 1. The lowest BCUT2D eigenvalue weighted by Crippen LogP contribution is -2.59.